The van der Waals surface area contributed by atoms with Crippen molar-refractivity contribution in [3.8, 4) is 5.75 Å². The van der Waals surface area contributed by atoms with E-state index in [-0.39, 0.29) is 17.7 Å². The van der Waals surface area contributed by atoms with Crippen LogP contribution in [0.1, 0.15) is 26.3 Å². The van der Waals surface area contributed by atoms with Gasteiger partial charge in [-0.25, -0.2) is 0 Å². The second kappa shape index (κ2) is 5.93. The van der Waals surface area contributed by atoms with E-state index < -0.39 is 7.12 Å². The normalized spacial score (nSPS) is 11.5. The molecule has 100 valence electrons. The lowest BCUT2D eigenvalue weighted by molar-refractivity contribution is 0.0504. The zero-order chi connectivity index (χ0) is 13.9. The molecule has 2 N–H and O–H groups in total. The van der Waals surface area contributed by atoms with Gasteiger partial charge in [-0.2, -0.15) is 0 Å². The Balaban J connectivity index is 3.38. The monoisotopic (exact) mass is 272 g/mol. The first-order valence-corrected chi connectivity index (χ1v) is 5.97. The Morgan fingerprint density at radius 3 is 2.33 bits per heavy atom. The van der Waals surface area contributed by atoms with Crippen molar-refractivity contribution in [2.24, 2.45) is 0 Å². The Kier molecular flexibility index (Phi) is 5.05. The number of halogens is 1. The summed E-state index contributed by atoms with van der Waals surface area (Å²) in [6.07, 6.45) is 0. The minimum absolute atomic E-state index is 0.0322. The third-order valence-corrected chi connectivity index (χ3v) is 2.71. The first kappa shape index (κ1) is 15.3. The van der Waals surface area contributed by atoms with Crippen molar-refractivity contribution in [2.45, 2.75) is 26.2 Å². The van der Waals surface area contributed by atoms with Gasteiger partial charge in [0.1, 0.15) is 5.75 Å². The molecule has 0 saturated carbocycles. The SMILES string of the molecule is COCOc1c(B(O)O)cc(Cl)cc1C(C)(C)C. The predicted molar refractivity (Wildman–Crippen MR) is 72.5 cm³/mol. The molecule has 0 aliphatic rings. The summed E-state index contributed by atoms with van der Waals surface area (Å²) < 4.78 is 10.3. The summed E-state index contributed by atoms with van der Waals surface area (Å²) in [7, 11) is -0.140. The quantitative estimate of drug-likeness (QED) is 0.641. The van der Waals surface area contributed by atoms with Gasteiger partial charge in [0.2, 0.25) is 0 Å². The molecule has 1 aromatic carbocycles. The highest BCUT2D eigenvalue weighted by molar-refractivity contribution is 6.60. The third-order valence-electron chi connectivity index (χ3n) is 2.49. The molecular weight excluding hydrogens is 254 g/mol. The van der Waals surface area contributed by atoms with E-state index in [0.29, 0.717) is 10.8 Å². The fraction of sp³-hybridized carbons (Fsp3) is 0.500. The molecule has 0 fully saturated rings. The van der Waals surface area contributed by atoms with Gasteiger partial charge in [-0.15, -0.1) is 0 Å². The molecule has 6 heteroatoms. The molecule has 0 aromatic heterocycles. The summed E-state index contributed by atoms with van der Waals surface area (Å²) in [5.41, 5.74) is 0.803. The van der Waals surface area contributed by atoms with Crippen LogP contribution in [-0.2, 0) is 10.2 Å². The van der Waals surface area contributed by atoms with Crippen LogP contribution in [0.2, 0.25) is 5.02 Å². The van der Waals surface area contributed by atoms with Gasteiger partial charge in [0.15, 0.2) is 6.79 Å². The maximum Gasteiger partial charge on any atom is 0.492 e. The maximum atomic E-state index is 9.39. The molecule has 0 spiro atoms. The largest absolute Gasteiger partial charge is 0.492 e. The molecular formula is C12H18BClO4. The molecule has 0 atom stereocenters. The van der Waals surface area contributed by atoms with Crippen LogP contribution < -0.4 is 10.2 Å². The topological polar surface area (TPSA) is 58.9 Å². The molecule has 0 amide bonds. The molecule has 0 radical (unpaired) electrons. The van der Waals surface area contributed by atoms with Gasteiger partial charge in [-0.05, 0) is 17.5 Å². The number of hydrogen-bond donors (Lipinski definition) is 2. The molecule has 0 heterocycles. The lowest BCUT2D eigenvalue weighted by Gasteiger charge is -2.25. The number of ether oxygens (including phenoxy) is 2. The summed E-state index contributed by atoms with van der Waals surface area (Å²) in [4.78, 5) is 0. The Morgan fingerprint density at radius 2 is 1.89 bits per heavy atom. The smallest absolute Gasteiger partial charge is 0.468 e. The van der Waals surface area contributed by atoms with Gasteiger partial charge in [-0.3, -0.25) is 0 Å². The second-order valence-corrected chi connectivity index (χ2v) is 5.48. The van der Waals surface area contributed by atoms with E-state index in [1.807, 2.05) is 20.8 Å². The van der Waals surface area contributed by atoms with Gasteiger partial charge >= 0.3 is 7.12 Å². The van der Waals surface area contributed by atoms with Crippen molar-refractivity contribution in [3.05, 3.63) is 22.7 Å². The van der Waals surface area contributed by atoms with Crippen molar-refractivity contribution in [1.82, 2.24) is 0 Å². The van der Waals surface area contributed by atoms with Crippen molar-refractivity contribution >= 4 is 24.2 Å². The van der Waals surface area contributed by atoms with Gasteiger partial charge in [0.25, 0.3) is 0 Å². The van der Waals surface area contributed by atoms with Crippen molar-refractivity contribution in [3.63, 3.8) is 0 Å². The lowest BCUT2D eigenvalue weighted by atomic mass is 9.75. The van der Waals surface area contributed by atoms with Crippen LogP contribution in [0, 0.1) is 0 Å². The Morgan fingerprint density at radius 1 is 1.28 bits per heavy atom. The highest BCUT2D eigenvalue weighted by Crippen LogP contribution is 2.32. The second-order valence-electron chi connectivity index (χ2n) is 5.05. The minimum atomic E-state index is -1.64. The fourth-order valence-electron chi connectivity index (χ4n) is 1.64. The number of hydrogen-bond acceptors (Lipinski definition) is 4. The van der Waals surface area contributed by atoms with Gasteiger partial charge in [0, 0.05) is 23.2 Å². The standard InChI is InChI=1S/C12H18BClO4/c1-12(2,3)9-5-8(14)6-10(13(15)16)11(9)18-7-17-4/h5-6,15-16H,7H2,1-4H3. The van der Waals surface area contributed by atoms with Crippen molar-refractivity contribution < 1.29 is 19.5 Å². The number of methoxy groups -OCH3 is 1. The summed E-state index contributed by atoms with van der Waals surface area (Å²) in [5.74, 6) is 0.406. The van der Waals surface area contributed by atoms with E-state index in [0.717, 1.165) is 5.56 Å². The molecule has 1 rings (SSSR count). The summed E-state index contributed by atoms with van der Waals surface area (Å²) in [6, 6.07) is 3.24. The van der Waals surface area contributed by atoms with E-state index in [1.54, 1.807) is 6.07 Å². The Hall–Kier alpha value is -0.745. The van der Waals surface area contributed by atoms with Crippen LogP contribution >= 0.6 is 11.6 Å². The molecule has 18 heavy (non-hydrogen) atoms. The van der Waals surface area contributed by atoms with Crippen LogP contribution in [0.5, 0.6) is 5.75 Å². The van der Waals surface area contributed by atoms with E-state index in [4.69, 9.17) is 21.1 Å². The third kappa shape index (κ3) is 3.62. The highest BCUT2D eigenvalue weighted by Gasteiger charge is 2.27. The number of benzene rings is 1. The van der Waals surface area contributed by atoms with Crippen molar-refractivity contribution in [1.29, 1.82) is 0 Å². The average molecular weight is 273 g/mol. The first-order chi connectivity index (χ1) is 8.27. The van der Waals surface area contributed by atoms with Crippen LogP contribution in [-0.4, -0.2) is 31.1 Å². The van der Waals surface area contributed by atoms with Crippen LogP contribution in [0.15, 0.2) is 12.1 Å². The summed E-state index contributed by atoms with van der Waals surface area (Å²) in [5, 5.41) is 19.2. The van der Waals surface area contributed by atoms with E-state index in [1.165, 1.54) is 13.2 Å². The van der Waals surface area contributed by atoms with Gasteiger partial charge in [0.05, 0.1) is 0 Å². The Labute approximate surface area is 113 Å². The summed E-state index contributed by atoms with van der Waals surface area (Å²) in [6.45, 7) is 6.01. The molecule has 4 nitrogen and oxygen atoms in total. The lowest BCUT2D eigenvalue weighted by Crippen LogP contribution is -2.34. The maximum absolute atomic E-state index is 9.39. The zero-order valence-corrected chi connectivity index (χ0v) is 11.8. The van der Waals surface area contributed by atoms with Crippen molar-refractivity contribution in [2.75, 3.05) is 13.9 Å². The average Bonchev–Trinajstić information content (AvgIpc) is 2.25. The minimum Gasteiger partial charge on any atom is -0.468 e. The fourth-order valence-corrected chi connectivity index (χ4v) is 1.87. The van der Waals surface area contributed by atoms with E-state index in [9.17, 15) is 10.0 Å². The predicted octanol–water partition coefficient (Wildman–Crippen LogP) is 1.30. The van der Waals surface area contributed by atoms with E-state index >= 15 is 0 Å². The van der Waals surface area contributed by atoms with E-state index in [2.05, 4.69) is 0 Å². The molecule has 0 saturated heterocycles. The Bertz CT molecular complexity index is 415. The van der Waals surface area contributed by atoms with Gasteiger partial charge in [-0.1, -0.05) is 32.4 Å². The molecule has 0 bridgehead atoms. The molecule has 0 unspecified atom stereocenters. The first-order valence-electron chi connectivity index (χ1n) is 5.59. The van der Waals surface area contributed by atoms with Crippen LogP contribution in [0.3, 0.4) is 0 Å². The zero-order valence-electron chi connectivity index (χ0n) is 11.0. The molecule has 1 aromatic rings. The van der Waals surface area contributed by atoms with Crippen LogP contribution in [0.25, 0.3) is 0 Å². The number of rotatable bonds is 4. The summed E-state index contributed by atoms with van der Waals surface area (Å²) >= 11 is 6.00. The van der Waals surface area contributed by atoms with Gasteiger partial charge < -0.3 is 19.5 Å². The molecule has 0 aliphatic carbocycles. The molecule has 0 aliphatic heterocycles. The highest BCUT2D eigenvalue weighted by atomic mass is 35.5. The van der Waals surface area contributed by atoms with Crippen LogP contribution in [0.4, 0.5) is 0 Å².